The van der Waals surface area contributed by atoms with Gasteiger partial charge in [-0.15, -0.1) is 0 Å². The number of carbonyl (C=O) groups is 1. The van der Waals surface area contributed by atoms with Gasteiger partial charge >= 0.3 is 6.09 Å². The van der Waals surface area contributed by atoms with Gasteiger partial charge in [0.15, 0.2) is 5.82 Å². The molecule has 124 valence electrons. The molecule has 6 heteroatoms. The van der Waals surface area contributed by atoms with Gasteiger partial charge in [-0.25, -0.2) is 14.5 Å². The van der Waals surface area contributed by atoms with Crippen LogP contribution in [0.2, 0.25) is 0 Å². The highest BCUT2D eigenvalue weighted by atomic mass is 16.6. The van der Waals surface area contributed by atoms with E-state index < -0.39 is 11.7 Å². The minimum absolute atomic E-state index is 0.398. The van der Waals surface area contributed by atoms with E-state index in [1.165, 1.54) is 0 Å². The van der Waals surface area contributed by atoms with Crippen LogP contribution in [0.5, 0.6) is 0 Å². The maximum Gasteiger partial charge on any atom is 0.407 e. The standard InChI is InChI=1S/C17H24N4O2/c1-12-14(9-11-19-16(22)23-17(3,4)5)13(2)21(20-12)15-8-6-7-10-18-15/h6-8,10H,9,11H2,1-5H3,(H,19,22). The number of hydrogen-bond donors (Lipinski definition) is 1. The Hall–Kier alpha value is -2.37. The summed E-state index contributed by atoms with van der Waals surface area (Å²) in [6.07, 6.45) is 2.05. The fourth-order valence-electron chi connectivity index (χ4n) is 2.34. The molecule has 0 spiro atoms. The van der Waals surface area contributed by atoms with E-state index in [4.69, 9.17) is 4.74 Å². The number of ether oxygens (including phenoxy) is 1. The lowest BCUT2D eigenvalue weighted by Crippen LogP contribution is -2.33. The number of amides is 1. The summed E-state index contributed by atoms with van der Waals surface area (Å²) in [6, 6.07) is 5.73. The van der Waals surface area contributed by atoms with E-state index in [0.717, 1.165) is 22.8 Å². The van der Waals surface area contributed by atoms with Gasteiger partial charge in [-0.3, -0.25) is 0 Å². The molecule has 0 saturated heterocycles. The summed E-state index contributed by atoms with van der Waals surface area (Å²) < 4.78 is 7.06. The molecule has 1 amide bonds. The van der Waals surface area contributed by atoms with Crippen LogP contribution in [0.1, 0.15) is 37.7 Å². The largest absolute Gasteiger partial charge is 0.444 e. The summed E-state index contributed by atoms with van der Waals surface area (Å²) in [6.45, 7) is 10.0. The zero-order valence-electron chi connectivity index (χ0n) is 14.4. The minimum atomic E-state index is -0.486. The predicted octanol–water partition coefficient (Wildman–Crippen LogP) is 2.95. The number of pyridine rings is 1. The summed E-state index contributed by atoms with van der Waals surface area (Å²) in [5.41, 5.74) is 2.61. The monoisotopic (exact) mass is 316 g/mol. The fourth-order valence-corrected chi connectivity index (χ4v) is 2.34. The van der Waals surface area contributed by atoms with Gasteiger partial charge in [-0.05, 0) is 58.7 Å². The van der Waals surface area contributed by atoms with E-state index in [1.54, 1.807) is 6.20 Å². The quantitative estimate of drug-likeness (QED) is 0.941. The van der Waals surface area contributed by atoms with Crippen LogP contribution in [-0.2, 0) is 11.2 Å². The molecule has 0 radical (unpaired) electrons. The van der Waals surface area contributed by atoms with E-state index in [2.05, 4.69) is 15.4 Å². The van der Waals surface area contributed by atoms with Gasteiger partial charge in [0.05, 0.1) is 5.69 Å². The van der Waals surface area contributed by atoms with E-state index in [0.29, 0.717) is 13.0 Å². The number of carbonyl (C=O) groups excluding carboxylic acids is 1. The molecule has 23 heavy (non-hydrogen) atoms. The first-order valence-corrected chi connectivity index (χ1v) is 7.71. The van der Waals surface area contributed by atoms with Crippen LogP contribution in [0.3, 0.4) is 0 Å². The van der Waals surface area contributed by atoms with Crippen LogP contribution in [-0.4, -0.2) is 33.0 Å². The molecule has 0 aliphatic rings. The average Bonchev–Trinajstić information content (AvgIpc) is 2.74. The Morgan fingerprint density at radius 2 is 2.04 bits per heavy atom. The molecule has 0 bridgehead atoms. The van der Waals surface area contributed by atoms with Crippen molar-refractivity contribution in [2.45, 2.75) is 46.6 Å². The molecule has 0 saturated carbocycles. The lowest BCUT2D eigenvalue weighted by molar-refractivity contribution is 0.0528. The van der Waals surface area contributed by atoms with Crippen molar-refractivity contribution in [1.82, 2.24) is 20.1 Å². The molecule has 0 unspecified atom stereocenters. The predicted molar refractivity (Wildman–Crippen MR) is 88.8 cm³/mol. The molecule has 2 aromatic heterocycles. The molecule has 0 aliphatic heterocycles. The first-order chi connectivity index (χ1) is 10.8. The number of nitrogens with zero attached hydrogens (tertiary/aromatic N) is 3. The Labute approximate surface area is 136 Å². The highest BCUT2D eigenvalue weighted by Crippen LogP contribution is 2.17. The van der Waals surface area contributed by atoms with E-state index >= 15 is 0 Å². The van der Waals surface area contributed by atoms with Crippen molar-refractivity contribution >= 4 is 6.09 Å². The average molecular weight is 316 g/mol. The number of rotatable bonds is 4. The third kappa shape index (κ3) is 4.55. The number of nitrogens with one attached hydrogen (secondary N) is 1. The summed E-state index contributed by atoms with van der Waals surface area (Å²) in [7, 11) is 0. The van der Waals surface area contributed by atoms with Crippen molar-refractivity contribution < 1.29 is 9.53 Å². The zero-order chi connectivity index (χ0) is 17.0. The number of aryl methyl sites for hydroxylation is 1. The van der Waals surface area contributed by atoms with Crippen molar-refractivity contribution in [2.24, 2.45) is 0 Å². The second-order valence-corrected chi connectivity index (χ2v) is 6.43. The fraction of sp³-hybridized carbons (Fsp3) is 0.471. The van der Waals surface area contributed by atoms with Gasteiger partial charge in [0.25, 0.3) is 0 Å². The van der Waals surface area contributed by atoms with Gasteiger partial charge in [0, 0.05) is 18.4 Å². The Morgan fingerprint density at radius 3 is 2.65 bits per heavy atom. The molecule has 0 atom stereocenters. The van der Waals surface area contributed by atoms with Crippen LogP contribution in [0.15, 0.2) is 24.4 Å². The summed E-state index contributed by atoms with van der Waals surface area (Å²) in [5, 5.41) is 7.33. The Balaban J connectivity index is 2.02. The summed E-state index contributed by atoms with van der Waals surface area (Å²) in [5.74, 6) is 0.791. The normalized spacial score (nSPS) is 11.3. The van der Waals surface area contributed by atoms with Crippen LogP contribution < -0.4 is 5.32 Å². The minimum Gasteiger partial charge on any atom is -0.444 e. The lowest BCUT2D eigenvalue weighted by Gasteiger charge is -2.19. The van der Waals surface area contributed by atoms with Crippen molar-refractivity contribution in [3.05, 3.63) is 41.3 Å². The second kappa shape index (κ2) is 6.81. The van der Waals surface area contributed by atoms with E-state index in [9.17, 15) is 4.79 Å². The van der Waals surface area contributed by atoms with Gasteiger partial charge in [-0.2, -0.15) is 5.10 Å². The van der Waals surface area contributed by atoms with Crippen molar-refractivity contribution in [3.63, 3.8) is 0 Å². The third-order valence-corrected chi connectivity index (χ3v) is 3.35. The first kappa shape index (κ1) is 17.0. The van der Waals surface area contributed by atoms with Crippen LogP contribution in [0.4, 0.5) is 4.79 Å². The van der Waals surface area contributed by atoms with Crippen LogP contribution in [0.25, 0.3) is 5.82 Å². The molecule has 1 N–H and O–H groups in total. The van der Waals surface area contributed by atoms with Crippen molar-refractivity contribution in [1.29, 1.82) is 0 Å². The molecule has 2 aromatic rings. The lowest BCUT2D eigenvalue weighted by atomic mass is 10.1. The summed E-state index contributed by atoms with van der Waals surface area (Å²) in [4.78, 5) is 16.0. The van der Waals surface area contributed by atoms with E-state index in [-0.39, 0.29) is 0 Å². The van der Waals surface area contributed by atoms with Crippen molar-refractivity contribution in [2.75, 3.05) is 6.54 Å². The molecular weight excluding hydrogens is 292 g/mol. The van der Waals surface area contributed by atoms with Crippen LogP contribution >= 0.6 is 0 Å². The highest BCUT2D eigenvalue weighted by molar-refractivity contribution is 5.67. The third-order valence-electron chi connectivity index (χ3n) is 3.35. The SMILES string of the molecule is Cc1nn(-c2ccccn2)c(C)c1CCNC(=O)OC(C)(C)C. The molecule has 6 nitrogen and oxygen atoms in total. The molecular formula is C17H24N4O2. The maximum atomic E-state index is 11.7. The van der Waals surface area contributed by atoms with Gasteiger partial charge < -0.3 is 10.1 Å². The number of alkyl carbamates (subject to hydrolysis) is 1. The van der Waals surface area contributed by atoms with Gasteiger partial charge in [0.2, 0.25) is 0 Å². The van der Waals surface area contributed by atoms with Crippen LogP contribution in [0, 0.1) is 13.8 Å². The highest BCUT2D eigenvalue weighted by Gasteiger charge is 2.17. The molecule has 0 aliphatic carbocycles. The van der Waals surface area contributed by atoms with Crippen molar-refractivity contribution in [3.8, 4) is 5.82 Å². The molecule has 0 fully saturated rings. The molecule has 0 aromatic carbocycles. The second-order valence-electron chi connectivity index (χ2n) is 6.43. The first-order valence-electron chi connectivity index (χ1n) is 7.71. The zero-order valence-corrected chi connectivity index (χ0v) is 14.4. The Morgan fingerprint density at radius 1 is 1.30 bits per heavy atom. The molecule has 2 heterocycles. The summed E-state index contributed by atoms with van der Waals surface area (Å²) >= 11 is 0. The smallest absolute Gasteiger partial charge is 0.407 e. The Kier molecular flexibility index (Phi) is 5.03. The Bertz CT molecular complexity index is 672. The number of hydrogen-bond acceptors (Lipinski definition) is 4. The van der Waals surface area contributed by atoms with Gasteiger partial charge in [-0.1, -0.05) is 6.07 Å². The van der Waals surface area contributed by atoms with Gasteiger partial charge in [0.1, 0.15) is 5.60 Å². The molecule has 2 rings (SSSR count). The number of aromatic nitrogens is 3. The topological polar surface area (TPSA) is 69.0 Å². The maximum absolute atomic E-state index is 11.7. The van der Waals surface area contributed by atoms with E-state index in [1.807, 2.05) is 57.5 Å².